The number of rotatable bonds is 3. The average molecular weight is 342 g/mol. The van der Waals surface area contributed by atoms with Gasteiger partial charge in [0.15, 0.2) is 5.82 Å². The number of amides is 2. The lowest BCUT2D eigenvalue weighted by Crippen LogP contribution is -2.44. The zero-order chi connectivity index (χ0) is 17.8. The van der Waals surface area contributed by atoms with E-state index in [1.54, 1.807) is 11.8 Å². The van der Waals surface area contributed by atoms with E-state index in [9.17, 15) is 9.59 Å². The van der Waals surface area contributed by atoms with Gasteiger partial charge < -0.3 is 14.7 Å². The topological polar surface area (TPSA) is 88.3 Å². The minimum absolute atomic E-state index is 0.0180. The molecule has 0 bridgehead atoms. The molecule has 1 saturated heterocycles. The summed E-state index contributed by atoms with van der Waals surface area (Å²) in [6.45, 7) is 4.80. The van der Waals surface area contributed by atoms with Crippen molar-refractivity contribution in [1.29, 1.82) is 0 Å². The van der Waals surface area contributed by atoms with Crippen molar-refractivity contribution in [1.82, 2.24) is 15.0 Å². The second-order valence-corrected chi connectivity index (χ2v) is 6.27. The molecule has 2 aromatic rings. The fraction of sp³-hybridized carbons (Fsp3) is 0.444. The third-order valence-electron chi connectivity index (χ3n) is 4.42. The molecule has 0 spiro atoms. The normalized spacial score (nSPS) is 17.4. The average Bonchev–Trinajstić information content (AvgIpc) is 3.08. The Morgan fingerprint density at radius 3 is 2.72 bits per heavy atom. The van der Waals surface area contributed by atoms with Gasteiger partial charge in [-0.2, -0.15) is 4.98 Å². The van der Waals surface area contributed by atoms with Gasteiger partial charge in [-0.05, 0) is 43.9 Å². The van der Waals surface area contributed by atoms with Crippen LogP contribution in [0.25, 0.3) is 0 Å². The van der Waals surface area contributed by atoms with Crippen molar-refractivity contribution in [3.8, 4) is 0 Å². The molecule has 0 saturated carbocycles. The highest BCUT2D eigenvalue weighted by Gasteiger charge is 2.31. The van der Waals surface area contributed by atoms with Gasteiger partial charge in [-0.15, -0.1) is 0 Å². The van der Waals surface area contributed by atoms with Crippen molar-refractivity contribution in [2.45, 2.75) is 39.0 Å². The van der Waals surface area contributed by atoms with Crippen LogP contribution in [0, 0.1) is 6.92 Å². The van der Waals surface area contributed by atoms with Gasteiger partial charge in [-0.3, -0.25) is 9.59 Å². The second-order valence-electron chi connectivity index (χ2n) is 6.27. The Kier molecular flexibility index (Phi) is 5.11. The van der Waals surface area contributed by atoms with Crippen molar-refractivity contribution < 1.29 is 14.1 Å². The molecule has 132 valence electrons. The lowest BCUT2D eigenvalue weighted by Gasteiger charge is -2.30. The summed E-state index contributed by atoms with van der Waals surface area (Å²) in [4.78, 5) is 30.5. The highest BCUT2D eigenvalue weighted by atomic mass is 16.5. The summed E-state index contributed by atoms with van der Waals surface area (Å²) in [7, 11) is 0. The summed E-state index contributed by atoms with van der Waals surface area (Å²) in [5.41, 5.74) is 1.80. The number of likely N-dealkylation sites (tertiary alicyclic amines) is 1. The molecule has 25 heavy (non-hydrogen) atoms. The maximum absolute atomic E-state index is 12.5. The predicted molar refractivity (Wildman–Crippen MR) is 92.0 cm³/mol. The number of hydrogen-bond acceptors (Lipinski definition) is 5. The summed E-state index contributed by atoms with van der Waals surface area (Å²) in [5, 5.41) is 6.47. The van der Waals surface area contributed by atoms with Crippen molar-refractivity contribution in [2.75, 3.05) is 18.4 Å². The number of carbonyl (C=O) groups excluding carboxylic acids is 2. The summed E-state index contributed by atoms with van der Waals surface area (Å²) in [5.74, 6) is -0.0556. The number of nitrogens with zero attached hydrogens (tertiary/aromatic N) is 3. The second kappa shape index (κ2) is 7.46. The van der Waals surface area contributed by atoms with Crippen LogP contribution < -0.4 is 5.32 Å². The zero-order valence-corrected chi connectivity index (χ0v) is 14.5. The predicted octanol–water partition coefficient (Wildman–Crippen LogP) is 2.29. The first-order chi connectivity index (χ1) is 12.1. The van der Waals surface area contributed by atoms with E-state index >= 15 is 0 Å². The number of aryl methyl sites for hydroxylation is 2. The van der Waals surface area contributed by atoms with Crippen molar-refractivity contribution in [3.05, 3.63) is 41.5 Å². The SMILES string of the molecule is CCc1ccc(NC(=O)C(=O)N2CCCC(c3nc(C)no3)C2)cc1. The maximum Gasteiger partial charge on any atom is 0.313 e. The molecule has 1 aliphatic rings. The Bertz CT molecular complexity index is 754. The van der Waals surface area contributed by atoms with Crippen molar-refractivity contribution in [3.63, 3.8) is 0 Å². The van der Waals surface area contributed by atoms with Gasteiger partial charge >= 0.3 is 11.8 Å². The number of hydrogen-bond donors (Lipinski definition) is 1. The van der Waals surface area contributed by atoms with Crippen LogP contribution in [0.3, 0.4) is 0 Å². The van der Waals surface area contributed by atoms with E-state index in [1.807, 2.05) is 24.3 Å². The Balaban J connectivity index is 1.61. The summed E-state index contributed by atoms with van der Waals surface area (Å²) in [6, 6.07) is 7.50. The number of nitrogens with one attached hydrogen (secondary N) is 1. The van der Waals surface area contributed by atoms with Crippen molar-refractivity contribution >= 4 is 17.5 Å². The monoisotopic (exact) mass is 342 g/mol. The summed E-state index contributed by atoms with van der Waals surface area (Å²) in [6.07, 6.45) is 2.60. The van der Waals surface area contributed by atoms with Gasteiger partial charge in [0.1, 0.15) is 0 Å². The van der Waals surface area contributed by atoms with Gasteiger partial charge in [-0.25, -0.2) is 0 Å². The fourth-order valence-corrected chi connectivity index (χ4v) is 2.99. The van der Waals surface area contributed by atoms with Crippen LogP contribution in [0.1, 0.15) is 43.0 Å². The fourth-order valence-electron chi connectivity index (χ4n) is 2.99. The highest BCUT2D eigenvalue weighted by molar-refractivity contribution is 6.39. The molecular weight excluding hydrogens is 320 g/mol. The molecule has 7 heteroatoms. The molecular formula is C18H22N4O3. The van der Waals surface area contributed by atoms with Gasteiger partial charge in [0, 0.05) is 18.8 Å². The first-order valence-electron chi connectivity index (χ1n) is 8.56. The van der Waals surface area contributed by atoms with Crippen LogP contribution in [0.4, 0.5) is 5.69 Å². The van der Waals surface area contributed by atoms with E-state index in [2.05, 4.69) is 22.4 Å². The molecule has 1 aliphatic heterocycles. The Morgan fingerprint density at radius 1 is 1.32 bits per heavy atom. The van der Waals surface area contributed by atoms with Crippen LogP contribution in [-0.2, 0) is 16.0 Å². The Morgan fingerprint density at radius 2 is 2.08 bits per heavy atom. The molecule has 0 radical (unpaired) electrons. The van der Waals surface area contributed by atoms with E-state index in [1.165, 1.54) is 5.56 Å². The number of aromatic nitrogens is 2. The standard InChI is InChI=1S/C18H22N4O3/c1-3-13-6-8-15(9-7-13)20-16(23)18(24)22-10-4-5-14(11-22)17-19-12(2)21-25-17/h6-9,14H,3-5,10-11H2,1-2H3,(H,20,23). The molecule has 1 unspecified atom stereocenters. The third kappa shape index (κ3) is 4.04. The molecule has 1 N–H and O–H groups in total. The minimum Gasteiger partial charge on any atom is -0.339 e. The quantitative estimate of drug-likeness (QED) is 0.865. The van der Waals surface area contributed by atoms with E-state index in [4.69, 9.17) is 4.52 Å². The lowest BCUT2D eigenvalue weighted by molar-refractivity contribution is -0.144. The lowest BCUT2D eigenvalue weighted by atomic mass is 9.98. The van der Waals surface area contributed by atoms with E-state index in [-0.39, 0.29) is 5.92 Å². The maximum atomic E-state index is 12.5. The molecule has 1 aromatic carbocycles. The summed E-state index contributed by atoms with van der Waals surface area (Å²) >= 11 is 0. The van der Waals surface area contributed by atoms with Crippen LogP contribution in [-0.4, -0.2) is 39.9 Å². The van der Waals surface area contributed by atoms with Gasteiger partial charge in [-0.1, -0.05) is 24.2 Å². The first kappa shape index (κ1) is 17.1. The van der Waals surface area contributed by atoms with Crippen LogP contribution >= 0.6 is 0 Å². The van der Waals surface area contributed by atoms with Gasteiger partial charge in [0.05, 0.1) is 5.92 Å². The molecule has 7 nitrogen and oxygen atoms in total. The Hall–Kier alpha value is -2.70. The molecule has 1 atom stereocenters. The smallest absolute Gasteiger partial charge is 0.313 e. The van der Waals surface area contributed by atoms with E-state index in [0.29, 0.717) is 30.5 Å². The van der Waals surface area contributed by atoms with Crippen LogP contribution in [0.2, 0.25) is 0 Å². The third-order valence-corrected chi connectivity index (χ3v) is 4.42. The number of piperidine rings is 1. The Labute approximate surface area is 146 Å². The van der Waals surface area contributed by atoms with E-state index < -0.39 is 11.8 Å². The largest absolute Gasteiger partial charge is 0.339 e. The number of benzene rings is 1. The molecule has 3 rings (SSSR count). The van der Waals surface area contributed by atoms with E-state index in [0.717, 1.165) is 19.3 Å². The molecule has 0 aliphatic carbocycles. The van der Waals surface area contributed by atoms with Gasteiger partial charge in [0.25, 0.3) is 0 Å². The van der Waals surface area contributed by atoms with Crippen LogP contribution in [0.15, 0.2) is 28.8 Å². The number of carbonyl (C=O) groups is 2. The molecule has 2 heterocycles. The first-order valence-corrected chi connectivity index (χ1v) is 8.56. The van der Waals surface area contributed by atoms with Crippen molar-refractivity contribution in [2.24, 2.45) is 0 Å². The molecule has 1 fully saturated rings. The molecule has 2 amide bonds. The minimum atomic E-state index is -0.619. The highest BCUT2D eigenvalue weighted by Crippen LogP contribution is 2.25. The number of anilines is 1. The van der Waals surface area contributed by atoms with Gasteiger partial charge in [0.2, 0.25) is 5.89 Å². The zero-order valence-electron chi connectivity index (χ0n) is 14.5. The van der Waals surface area contributed by atoms with Crippen LogP contribution in [0.5, 0.6) is 0 Å². The summed E-state index contributed by atoms with van der Waals surface area (Å²) < 4.78 is 5.21. The molecule has 1 aromatic heterocycles.